The molecule has 0 aliphatic carbocycles. The van der Waals surface area contributed by atoms with Crippen LogP contribution in [-0.4, -0.2) is 24.5 Å². The zero-order valence-corrected chi connectivity index (χ0v) is 13.8. The van der Waals surface area contributed by atoms with E-state index < -0.39 is 0 Å². The molecule has 3 nitrogen and oxygen atoms in total. The van der Waals surface area contributed by atoms with Gasteiger partial charge in [-0.25, -0.2) is 9.18 Å². The molecule has 0 aromatic heterocycles. The molecule has 0 aliphatic rings. The van der Waals surface area contributed by atoms with E-state index in [1.54, 1.807) is 25.2 Å². The predicted octanol–water partition coefficient (Wildman–Crippen LogP) is 4.08. The van der Waals surface area contributed by atoms with Gasteiger partial charge in [-0.05, 0) is 31.9 Å². The number of carbonyl (C=O) groups excluding carboxylic acids is 1. The fourth-order valence-corrected chi connectivity index (χ4v) is 2.50. The second-order valence-electron chi connectivity index (χ2n) is 5.78. The second-order valence-corrected chi connectivity index (χ2v) is 5.78. The third-order valence-electron chi connectivity index (χ3n) is 4.03. The van der Waals surface area contributed by atoms with Gasteiger partial charge in [0.05, 0.1) is 6.04 Å². The number of urea groups is 1. The lowest BCUT2D eigenvalue weighted by molar-refractivity contribution is 0.193. The lowest BCUT2D eigenvalue weighted by Gasteiger charge is -2.26. The zero-order chi connectivity index (χ0) is 16.8. The highest BCUT2D eigenvalue weighted by atomic mass is 19.1. The lowest BCUT2D eigenvalue weighted by Crippen LogP contribution is -2.39. The number of hydrogen-bond donors (Lipinski definition) is 1. The van der Waals surface area contributed by atoms with Crippen LogP contribution in [0.5, 0.6) is 0 Å². The van der Waals surface area contributed by atoms with Crippen molar-refractivity contribution in [3.63, 3.8) is 0 Å². The Hall–Kier alpha value is -2.36. The highest BCUT2D eigenvalue weighted by molar-refractivity contribution is 5.74. The predicted molar refractivity (Wildman–Crippen MR) is 90.9 cm³/mol. The Kier molecular flexibility index (Phi) is 5.74. The first-order chi connectivity index (χ1) is 11.0. The summed E-state index contributed by atoms with van der Waals surface area (Å²) in [5.74, 6) is -0.292. The molecule has 4 heteroatoms. The molecule has 0 saturated heterocycles. The van der Waals surface area contributed by atoms with Gasteiger partial charge in [-0.3, -0.25) is 0 Å². The van der Waals surface area contributed by atoms with Gasteiger partial charge >= 0.3 is 6.03 Å². The van der Waals surface area contributed by atoms with E-state index in [-0.39, 0.29) is 17.9 Å². The molecule has 0 bridgehead atoms. The smallest absolute Gasteiger partial charge is 0.317 e. The van der Waals surface area contributed by atoms with Crippen molar-refractivity contribution < 1.29 is 9.18 Å². The average molecular weight is 314 g/mol. The van der Waals surface area contributed by atoms with Gasteiger partial charge < -0.3 is 10.2 Å². The van der Waals surface area contributed by atoms with Crippen LogP contribution in [0.25, 0.3) is 0 Å². The highest BCUT2D eigenvalue weighted by Crippen LogP contribution is 2.21. The monoisotopic (exact) mass is 314 g/mol. The van der Waals surface area contributed by atoms with Crippen molar-refractivity contribution in [1.29, 1.82) is 0 Å². The van der Waals surface area contributed by atoms with E-state index >= 15 is 0 Å². The molecular formula is C19H23FN2O. The van der Waals surface area contributed by atoms with Gasteiger partial charge in [0.2, 0.25) is 0 Å². The highest BCUT2D eigenvalue weighted by Gasteiger charge is 2.19. The molecule has 23 heavy (non-hydrogen) atoms. The van der Waals surface area contributed by atoms with E-state index in [4.69, 9.17) is 0 Å². The van der Waals surface area contributed by atoms with Crippen LogP contribution in [0, 0.1) is 12.7 Å². The van der Waals surface area contributed by atoms with Gasteiger partial charge in [-0.15, -0.1) is 0 Å². The lowest BCUT2D eigenvalue weighted by atomic mass is 10.1. The van der Waals surface area contributed by atoms with Crippen molar-refractivity contribution in [2.24, 2.45) is 0 Å². The number of hydrogen-bond acceptors (Lipinski definition) is 1. The maximum Gasteiger partial charge on any atom is 0.317 e. The SMILES string of the molecule is Cc1cccc(CCNC(=O)N(C)C(C)c2ccccc2F)c1. The number of carbonyl (C=O) groups is 1. The number of rotatable bonds is 5. The van der Waals surface area contributed by atoms with Crippen LogP contribution >= 0.6 is 0 Å². The van der Waals surface area contributed by atoms with E-state index in [1.807, 2.05) is 32.0 Å². The van der Waals surface area contributed by atoms with E-state index in [2.05, 4.69) is 11.4 Å². The third-order valence-corrected chi connectivity index (χ3v) is 4.03. The van der Waals surface area contributed by atoms with Crippen molar-refractivity contribution in [2.45, 2.75) is 26.3 Å². The molecule has 0 fully saturated rings. The average Bonchev–Trinajstić information content (AvgIpc) is 2.54. The van der Waals surface area contributed by atoms with Gasteiger partial charge in [-0.2, -0.15) is 0 Å². The number of halogens is 1. The van der Waals surface area contributed by atoms with Gasteiger partial charge in [0, 0.05) is 19.2 Å². The van der Waals surface area contributed by atoms with Crippen molar-refractivity contribution in [3.05, 3.63) is 71.0 Å². The van der Waals surface area contributed by atoms with Crippen LogP contribution in [0.4, 0.5) is 9.18 Å². The molecule has 0 saturated carbocycles. The summed E-state index contributed by atoms with van der Waals surface area (Å²) in [6.07, 6.45) is 0.773. The summed E-state index contributed by atoms with van der Waals surface area (Å²) in [7, 11) is 1.68. The van der Waals surface area contributed by atoms with E-state index in [1.165, 1.54) is 22.1 Å². The Morgan fingerprint density at radius 2 is 1.96 bits per heavy atom. The Labute approximate surface area is 137 Å². The molecule has 0 aliphatic heterocycles. The summed E-state index contributed by atoms with van der Waals surface area (Å²) in [6, 6.07) is 14.2. The summed E-state index contributed by atoms with van der Waals surface area (Å²) >= 11 is 0. The van der Waals surface area contributed by atoms with E-state index in [0.717, 1.165) is 6.42 Å². The molecule has 2 aromatic rings. The van der Waals surface area contributed by atoms with Crippen LogP contribution in [0.15, 0.2) is 48.5 Å². The van der Waals surface area contributed by atoms with Crippen molar-refractivity contribution >= 4 is 6.03 Å². The summed E-state index contributed by atoms with van der Waals surface area (Å²) in [6.45, 7) is 4.42. The Morgan fingerprint density at radius 3 is 2.65 bits per heavy atom. The quantitative estimate of drug-likeness (QED) is 0.886. The normalized spacial score (nSPS) is 11.8. The first-order valence-corrected chi connectivity index (χ1v) is 7.79. The largest absolute Gasteiger partial charge is 0.338 e. The van der Waals surface area contributed by atoms with Gasteiger partial charge in [0.1, 0.15) is 5.82 Å². The minimum Gasteiger partial charge on any atom is -0.338 e. The number of nitrogens with one attached hydrogen (secondary N) is 1. The van der Waals surface area contributed by atoms with Crippen LogP contribution < -0.4 is 5.32 Å². The topological polar surface area (TPSA) is 32.3 Å². The fourth-order valence-electron chi connectivity index (χ4n) is 2.50. The molecule has 0 spiro atoms. The summed E-state index contributed by atoms with van der Waals surface area (Å²) < 4.78 is 13.8. The van der Waals surface area contributed by atoms with Crippen molar-refractivity contribution in [2.75, 3.05) is 13.6 Å². The maximum absolute atomic E-state index is 13.8. The maximum atomic E-state index is 13.8. The molecule has 1 unspecified atom stereocenters. The van der Waals surface area contributed by atoms with E-state index in [0.29, 0.717) is 12.1 Å². The molecule has 1 N–H and O–H groups in total. The molecule has 1 atom stereocenters. The standard InChI is InChI=1S/C19H23FN2O/c1-14-7-6-8-16(13-14)11-12-21-19(23)22(3)15(2)17-9-4-5-10-18(17)20/h4-10,13,15H,11-12H2,1-3H3,(H,21,23). The Balaban J connectivity index is 1.89. The fraction of sp³-hybridized carbons (Fsp3) is 0.316. The molecule has 0 radical (unpaired) electrons. The van der Waals surface area contributed by atoms with E-state index in [9.17, 15) is 9.18 Å². The molecule has 2 amide bonds. The molecule has 122 valence electrons. The van der Waals surface area contributed by atoms with Gasteiger partial charge in [0.25, 0.3) is 0 Å². The van der Waals surface area contributed by atoms with Crippen LogP contribution in [-0.2, 0) is 6.42 Å². The van der Waals surface area contributed by atoms with Crippen molar-refractivity contribution in [3.8, 4) is 0 Å². The summed E-state index contributed by atoms with van der Waals surface area (Å²) in [5.41, 5.74) is 2.91. The van der Waals surface area contributed by atoms with Gasteiger partial charge in [0.15, 0.2) is 0 Å². The minimum atomic E-state index is -0.324. The Bertz CT molecular complexity index is 672. The Morgan fingerprint density at radius 1 is 1.22 bits per heavy atom. The van der Waals surface area contributed by atoms with Crippen LogP contribution in [0.2, 0.25) is 0 Å². The molecular weight excluding hydrogens is 291 g/mol. The van der Waals surface area contributed by atoms with Crippen molar-refractivity contribution in [1.82, 2.24) is 10.2 Å². The van der Waals surface area contributed by atoms with Crippen LogP contribution in [0.3, 0.4) is 0 Å². The summed E-state index contributed by atoms with van der Waals surface area (Å²) in [5, 5.41) is 2.89. The summed E-state index contributed by atoms with van der Waals surface area (Å²) in [4.78, 5) is 13.7. The number of nitrogens with zero attached hydrogens (tertiary/aromatic N) is 1. The minimum absolute atomic E-state index is 0.201. The number of amides is 2. The molecule has 2 rings (SSSR count). The molecule has 2 aromatic carbocycles. The first kappa shape index (κ1) is 17.0. The van der Waals surface area contributed by atoms with Gasteiger partial charge in [-0.1, -0.05) is 48.0 Å². The van der Waals surface area contributed by atoms with Crippen LogP contribution in [0.1, 0.15) is 29.7 Å². The third kappa shape index (κ3) is 4.55. The number of benzene rings is 2. The second kappa shape index (κ2) is 7.77. The first-order valence-electron chi connectivity index (χ1n) is 7.79. The zero-order valence-electron chi connectivity index (χ0n) is 13.8. The molecule has 0 heterocycles. The number of aryl methyl sites for hydroxylation is 1.